The fourth-order valence-electron chi connectivity index (χ4n) is 2.00. The van der Waals surface area contributed by atoms with Crippen molar-refractivity contribution in [1.82, 2.24) is 0 Å². The van der Waals surface area contributed by atoms with E-state index in [0.29, 0.717) is 12.2 Å². The summed E-state index contributed by atoms with van der Waals surface area (Å²) >= 11 is 0. The first-order valence-electron chi connectivity index (χ1n) is 4.78. The Labute approximate surface area is 78.8 Å². The summed E-state index contributed by atoms with van der Waals surface area (Å²) in [6.07, 6.45) is 1.57. The molecule has 0 heterocycles. The predicted octanol–water partition coefficient (Wildman–Crippen LogP) is 2.30. The molecular formula is C12H14O. The Bertz CT molecular complexity index is 352. The second kappa shape index (κ2) is 2.99. The maximum atomic E-state index is 11.5. The number of hydrogen-bond donors (Lipinski definition) is 0. The van der Waals surface area contributed by atoms with Gasteiger partial charge in [-0.1, -0.05) is 25.1 Å². The number of carbonyl (C=O) groups is 1. The van der Waals surface area contributed by atoms with Crippen LogP contribution in [0.5, 0.6) is 0 Å². The molecule has 0 aliphatic heterocycles. The molecule has 1 heteroatoms. The first-order valence-corrected chi connectivity index (χ1v) is 4.78. The SMILES string of the molecule is Cc1cccc2c1CC(=O)C(C)C2. The van der Waals surface area contributed by atoms with E-state index in [1.165, 1.54) is 16.7 Å². The molecule has 13 heavy (non-hydrogen) atoms. The van der Waals surface area contributed by atoms with E-state index in [9.17, 15) is 4.79 Å². The van der Waals surface area contributed by atoms with Crippen molar-refractivity contribution >= 4 is 5.78 Å². The standard InChI is InChI=1S/C12H14O/c1-8-4-3-5-10-6-9(2)12(13)7-11(8)10/h3-5,9H,6-7H2,1-2H3. The molecule has 0 saturated heterocycles. The van der Waals surface area contributed by atoms with Gasteiger partial charge in [-0.15, -0.1) is 0 Å². The summed E-state index contributed by atoms with van der Waals surface area (Å²) < 4.78 is 0. The van der Waals surface area contributed by atoms with Crippen molar-refractivity contribution in [3.05, 3.63) is 34.9 Å². The van der Waals surface area contributed by atoms with E-state index in [1.807, 2.05) is 6.92 Å². The largest absolute Gasteiger partial charge is 0.299 e. The lowest BCUT2D eigenvalue weighted by atomic mass is 9.82. The molecule has 1 aliphatic rings. The van der Waals surface area contributed by atoms with Crippen LogP contribution in [0.2, 0.25) is 0 Å². The maximum Gasteiger partial charge on any atom is 0.140 e. The highest BCUT2D eigenvalue weighted by atomic mass is 16.1. The second-order valence-corrected chi connectivity index (χ2v) is 3.96. The zero-order valence-corrected chi connectivity index (χ0v) is 8.13. The Morgan fingerprint density at radius 2 is 2.15 bits per heavy atom. The molecule has 0 saturated carbocycles. The summed E-state index contributed by atoms with van der Waals surface area (Å²) in [6, 6.07) is 6.31. The van der Waals surface area contributed by atoms with E-state index in [1.54, 1.807) is 0 Å². The smallest absolute Gasteiger partial charge is 0.140 e. The zero-order valence-electron chi connectivity index (χ0n) is 8.13. The van der Waals surface area contributed by atoms with Crippen molar-refractivity contribution in [3.63, 3.8) is 0 Å². The number of ketones is 1. The number of fused-ring (bicyclic) bond motifs is 1. The monoisotopic (exact) mass is 174 g/mol. The lowest BCUT2D eigenvalue weighted by Gasteiger charge is -2.21. The minimum Gasteiger partial charge on any atom is -0.299 e. The summed E-state index contributed by atoms with van der Waals surface area (Å²) in [5.41, 5.74) is 3.90. The third-order valence-electron chi connectivity index (χ3n) is 2.93. The Morgan fingerprint density at radius 3 is 2.92 bits per heavy atom. The Hall–Kier alpha value is -1.11. The lowest BCUT2D eigenvalue weighted by molar-refractivity contribution is -0.122. The van der Waals surface area contributed by atoms with Gasteiger partial charge in [-0.3, -0.25) is 4.79 Å². The van der Waals surface area contributed by atoms with Crippen LogP contribution in [0.15, 0.2) is 18.2 Å². The molecule has 68 valence electrons. The number of hydrogen-bond acceptors (Lipinski definition) is 1. The highest BCUT2D eigenvalue weighted by Crippen LogP contribution is 2.25. The lowest BCUT2D eigenvalue weighted by Crippen LogP contribution is -2.23. The van der Waals surface area contributed by atoms with E-state index < -0.39 is 0 Å². The van der Waals surface area contributed by atoms with Crippen LogP contribution in [0.3, 0.4) is 0 Å². The molecule has 0 aromatic heterocycles. The number of aryl methyl sites for hydroxylation is 1. The van der Waals surface area contributed by atoms with E-state index in [-0.39, 0.29) is 5.92 Å². The fourth-order valence-corrected chi connectivity index (χ4v) is 2.00. The molecule has 1 nitrogen and oxygen atoms in total. The molecule has 0 radical (unpaired) electrons. The third kappa shape index (κ3) is 1.39. The van der Waals surface area contributed by atoms with E-state index in [4.69, 9.17) is 0 Å². The molecule has 0 fully saturated rings. The van der Waals surface area contributed by atoms with Crippen molar-refractivity contribution in [3.8, 4) is 0 Å². The van der Waals surface area contributed by atoms with Crippen molar-refractivity contribution in [2.24, 2.45) is 5.92 Å². The van der Waals surface area contributed by atoms with Gasteiger partial charge >= 0.3 is 0 Å². The summed E-state index contributed by atoms with van der Waals surface area (Å²) in [7, 11) is 0. The van der Waals surface area contributed by atoms with Gasteiger partial charge in [0.1, 0.15) is 5.78 Å². The van der Waals surface area contributed by atoms with Gasteiger partial charge in [0, 0.05) is 12.3 Å². The maximum absolute atomic E-state index is 11.5. The average molecular weight is 174 g/mol. The van der Waals surface area contributed by atoms with E-state index in [2.05, 4.69) is 25.1 Å². The minimum absolute atomic E-state index is 0.217. The summed E-state index contributed by atoms with van der Waals surface area (Å²) in [4.78, 5) is 11.5. The molecule has 0 N–H and O–H groups in total. The minimum atomic E-state index is 0.217. The van der Waals surface area contributed by atoms with Crippen molar-refractivity contribution < 1.29 is 4.79 Å². The Balaban J connectivity index is 2.48. The van der Waals surface area contributed by atoms with Gasteiger partial charge in [-0.2, -0.15) is 0 Å². The van der Waals surface area contributed by atoms with Gasteiger partial charge in [0.05, 0.1) is 0 Å². The molecule has 0 spiro atoms. The first-order chi connectivity index (χ1) is 6.18. The van der Waals surface area contributed by atoms with Crippen LogP contribution in [0.1, 0.15) is 23.6 Å². The molecule has 0 bridgehead atoms. The van der Waals surface area contributed by atoms with Crippen molar-refractivity contribution in [1.29, 1.82) is 0 Å². The Kier molecular flexibility index (Phi) is 1.95. The second-order valence-electron chi connectivity index (χ2n) is 3.96. The summed E-state index contributed by atoms with van der Waals surface area (Å²) in [5, 5.41) is 0. The Morgan fingerprint density at radius 1 is 1.38 bits per heavy atom. The third-order valence-corrected chi connectivity index (χ3v) is 2.93. The van der Waals surface area contributed by atoms with E-state index in [0.717, 1.165) is 6.42 Å². The van der Waals surface area contributed by atoms with Gasteiger partial charge < -0.3 is 0 Å². The molecule has 1 unspecified atom stereocenters. The van der Waals surface area contributed by atoms with Gasteiger partial charge in [0.2, 0.25) is 0 Å². The normalized spacial score (nSPS) is 21.4. The molecule has 1 atom stereocenters. The van der Waals surface area contributed by atoms with Crippen LogP contribution in [0, 0.1) is 12.8 Å². The van der Waals surface area contributed by atoms with Gasteiger partial charge in [0.25, 0.3) is 0 Å². The quantitative estimate of drug-likeness (QED) is 0.590. The number of rotatable bonds is 0. The zero-order chi connectivity index (χ0) is 9.42. The summed E-state index contributed by atoms with van der Waals surface area (Å²) in [5.74, 6) is 0.607. The highest BCUT2D eigenvalue weighted by molar-refractivity contribution is 5.85. The molecule has 1 aromatic rings. The van der Waals surface area contributed by atoms with Crippen LogP contribution in [-0.2, 0) is 17.6 Å². The van der Waals surface area contributed by atoms with Crippen molar-refractivity contribution in [2.45, 2.75) is 26.7 Å². The predicted molar refractivity (Wildman–Crippen MR) is 52.8 cm³/mol. The number of carbonyl (C=O) groups excluding carboxylic acids is 1. The van der Waals surface area contributed by atoms with Crippen LogP contribution in [-0.4, -0.2) is 5.78 Å². The summed E-state index contributed by atoms with van der Waals surface area (Å²) in [6.45, 7) is 4.11. The van der Waals surface area contributed by atoms with Crippen LogP contribution >= 0.6 is 0 Å². The van der Waals surface area contributed by atoms with Gasteiger partial charge in [0.15, 0.2) is 0 Å². The van der Waals surface area contributed by atoms with Gasteiger partial charge in [-0.25, -0.2) is 0 Å². The highest BCUT2D eigenvalue weighted by Gasteiger charge is 2.22. The van der Waals surface area contributed by atoms with E-state index >= 15 is 0 Å². The first kappa shape index (κ1) is 8.49. The molecule has 1 aromatic carbocycles. The topological polar surface area (TPSA) is 17.1 Å². The number of benzene rings is 1. The fraction of sp³-hybridized carbons (Fsp3) is 0.417. The molecule has 1 aliphatic carbocycles. The average Bonchev–Trinajstić information content (AvgIpc) is 2.09. The van der Waals surface area contributed by atoms with Crippen LogP contribution < -0.4 is 0 Å². The molecular weight excluding hydrogens is 160 g/mol. The van der Waals surface area contributed by atoms with Crippen molar-refractivity contribution in [2.75, 3.05) is 0 Å². The van der Waals surface area contributed by atoms with Crippen LogP contribution in [0.4, 0.5) is 0 Å². The van der Waals surface area contributed by atoms with Crippen LogP contribution in [0.25, 0.3) is 0 Å². The number of Topliss-reactive ketones (excluding diaryl/α,β-unsaturated/α-hetero) is 1. The molecule has 0 amide bonds. The molecule has 2 rings (SSSR count). The van der Waals surface area contributed by atoms with Gasteiger partial charge in [-0.05, 0) is 30.0 Å².